The monoisotopic (exact) mass is 300 g/mol. The van der Waals surface area contributed by atoms with Crippen molar-refractivity contribution in [1.82, 2.24) is 0 Å². The van der Waals surface area contributed by atoms with Crippen LogP contribution < -0.4 is 5.32 Å². The molecule has 0 fully saturated rings. The summed E-state index contributed by atoms with van der Waals surface area (Å²) in [6.45, 7) is 2.78. The minimum atomic E-state index is -0.243. The van der Waals surface area contributed by atoms with Crippen molar-refractivity contribution in [3.8, 4) is 5.75 Å². The molecule has 114 valence electrons. The van der Waals surface area contributed by atoms with E-state index in [1.165, 1.54) is 44.2 Å². The Morgan fingerprint density at radius 2 is 1.68 bits per heavy atom. The molecule has 0 radical (unpaired) electrons. The Morgan fingerprint density at radius 3 is 2.14 bits per heavy atom. The molecule has 0 aromatic heterocycles. The lowest BCUT2D eigenvalue weighted by Crippen LogP contribution is -2.12. The first kappa shape index (κ1) is 17.0. The molecule has 0 unspecified atom stereocenters. The van der Waals surface area contributed by atoms with Crippen LogP contribution in [0.2, 0.25) is 0 Å². The fraction of sp³-hybridized carbons (Fsp3) is 0.125. The molecule has 3 N–H and O–H groups in total. The van der Waals surface area contributed by atoms with Crippen molar-refractivity contribution in [2.24, 2.45) is 0 Å². The van der Waals surface area contributed by atoms with Gasteiger partial charge in [0.2, 0.25) is 5.91 Å². The molecule has 6 heteroatoms. The van der Waals surface area contributed by atoms with Gasteiger partial charge in [-0.1, -0.05) is 0 Å². The third kappa shape index (κ3) is 5.54. The number of phenols is 1. The summed E-state index contributed by atoms with van der Waals surface area (Å²) in [6, 6.07) is 6.31. The van der Waals surface area contributed by atoms with Crippen molar-refractivity contribution in [3.05, 3.63) is 48.1 Å². The quantitative estimate of drug-likeness (QED) is 0.573. The lowest BCUT2D eigenvalue weighted by molar-refractivity contribution is -0.114. The van der Waals surface area contributed by atoms with Crippen LogP contribution in [0.1, 0.15) is 13.8 Å². The van der Waals surface area contributed by atoms with E-state index in [4.69, 9.17) is 10.5 Å². The molecule has 1 aromatic carbocycles. The number of amides is 1. The van der Waals surface area contributed by atoms with Gasteiger partial charge in [0.15, 0.2) is 11.6 Å². The number of carbonyl (C=O) groups is 3. The van der Waals surface area contributed by atoms with Crippen LogP contribution in [-0.4, -0.2) is 28.3 Å². The Labute approximate surface area is 127 Å². The number of benzene rings is 1. The Bertz CT molecular complexity index is 670. The number of carbonyl (C=O) groups excluding carboxylic acids is 3. The molecular weight excluding hydrogens is 284 g/mol. The molecule has 0 spiro atoms. The zero-order valence-electron chi connectivity index (χ0n) is 12.2. The third-order valence-corrected chi connectivity index (χ3v) is 2.56. The van der Waals surface area contributed by atoms with Gasteiger partial charge in [-0.15, -0.1) is 0 Å². The molecular formula is C16H16N2O4. The van der Waals surface area contributed by atoms with Gasteiger partial charge < -0.3 is 15.8 Å². The van der Waals surface area contributed by atoms with Crippen LogP contribution in [0.5, 0.6) is 5.75 Å². The van der Waals surface area contributed by atoms with Crippen LogP contribution in [0.15, 0.2) is 48.1 Å². The van der Waals surface area contributed by atoms with Gasteiger partial charge in [-0.2, -0.15) is 0 Å². The van der Waals surface area contributed by atoms with Gasteiger partial charge in [0, 0.05) is 18.2 Å². The van der Waals surface area contributed by atoms with Gasteiger partial charge in [-0.25, -0.2) is 0 Å². The minimum absolute atomic E-state index is 0.108. The lowest BCUT2D eigenvalue weighted by atomic mass is 10.0. The number of nitrogens with one attached hydrogen (secondary N) is 2. The van der Waals surface area contributed by atoms with E-state index in [2.05, 4.69) is 5.32 Å². The summed E-state index contributed by atoms with van der Waals surface area (Å²) >= 11 is 0. The molecule has 0 bridgehead atoms. The van der Waals surface area contributed by atoms with E-state index in [-0.39, 0.29) is 34.5 Å². The second-order valence-electron chi connectivity index (χ2n) is 4.49. The molecule has 0 aliphatic heterocycles. The number of anilines is 1. The number of phenolic OH excluding ortho intramolecular Hbond substituents is 1. The second kappa shape index (κ2) is 7.68. The summed E-state index contributed by atoms with van der Waals surface area (Å²) in [5.74, 6) is -0.395. The van der Waals surface area contributed by atoms with Gasteiger partial charge in [0.05, 0.1) is 5.71 Å². The highest BCUT2D eigenvalue weighted by Crippen LogP contribution is 2.13. The molecule has 22 heavy (non-hydrogen) atoms. The second-order valence-corrected chi connectivity index (χ2v) is 4.49. The fourth-order valence-corrected chi connectivity index (χ4v) is 1.56. The molecule has 0 saturated heterocycles. The highest BCUT2D eigenvalue weighted by atomic mass is 16.3. The van der Waals surface area contributed by atoms with E-state index >= 15 is 0 Å². The number of hydrogen-bond acceptors (Lipinski definition) is 5. The molecule has 1 aliphatic rings. The SMILES string of the molecule is CC(=O)C1=CC(=O)C=CC1=N.CC(=O)Nc1ccc(O)cc1. The molecule has 1 aliphatic carbocycles. The highest BCUT2D eigenvalue weighted by molar-refractivity contribution is 6.31. The predicted molar refractivity (Wildman–Crippen MR) is 83.0 cm³/mol. The van der Waals surface area contributed by atoms with Gasteiger partial charge in [0.25, 0.3) is 0 Å². The zero-order chi connectivity index (χ0) is 16.7. The van der Waals surface area contributed by atoms with E-state index in [1.54, 1.807) is 12.1 Å². The Morgan fingerprint density at radius 1 is 1.09 bits per heavy atom. The largest absolute Gasteiger partial charge is 0.508 e. The van der Waals surface area contributed by atoms with Crippen molar-refractivity contribution >= 4 is 28.9 Å². The molecule has 0 atom stereocenters. The van der Waals surface area contributed by atoms with Crippen molar-refractivity contribution in [2.45, 2.75) is 13.8 Å². The summed E-state index contributed by atoms with van der Waals surface area (Å²) in [7, 11) is 0. The van der Waals surface area contributed by atoms with Crippen LogP contribution >= 0.6 is 0 Å². The van der Waals surface area contributed by atoms with Crippen molar-refractivity contribution in [2.75, 3.05) is 5.32 Å². The molecule has 2 rings (SSSR count). The van der Waals surface area contributed by atoms with Crippen LogP contribution in [0.25, 0.3) is 0 Å². The molecule has 0 heterocycles. The first-order valence-electron chi connectivity index (χ1n) is 6.40. The normalized spacial score (nSPS) is 12.9. The maximum absolute atomic E-state index is 10.8. The number of aromatic hydroxyl groups is 1. The number of allylic oxidation sites excluding steroid dienone is 4. The van der Waals surface area contributed by atoms with Crippen LogP contribution in [0.4, 0.5) is 5.69 Å². The third-order valence-electron chi connectivity index (χ3n) is 2.56. The Hall–Kier alpha value is -3.02. The molecule has 1 amide bonds. The summed E-state index contributed by atoms with van der Waals surface area (Å²) in [5, 5.41) is 18.7. The average molecular weight is 300 g/mol. The van der Waals surface area contributed by atoms with E-state index in [1.807, 2.05) is 0 Å². The first-order valence-corrected chi connectivity index (χ1v) is 6.40. The van der Waals surface area contributed by atoms with E-state index in [0.29, 0.717) is 5.69 Å². The average Bonchev–Trinajstić information content (AvgIpc) is 2.44. The van der Waals surface area contributed by atoms with Crippen molar-refractivity contribution in [1.29, 1.82) is 5.41 Å². The van der Waals surface area contributed by atoms with Gasteiger partial charge >= 0.3 is 0 Å². The molecule has 6 nitrogen and oxygen atoms in total. The van der Waals surface area contributed by atoms with Crippen molar-refractivity contribution in [3.63, 3.8) is 0 Å². The minimum Gasteiger partial charge on any atom is -0.508 e. The lowest BCUT2D eigenvalue weighted by Gasteiger charge is -2.03. The Balaban J connectivity index is 0.000000220. The fourth-order valence-electron chi connectivity index (χ4n) is 1.56. The standard InChI is InChI=1S/C8H9NO2.C8H7NO2/c1-6(10)9-7-2-4-8(11)5-3-7;1-5(10)7-4-6(11)2-3-8(7)9/h2-5,11H,1H3,(H,9,10);2-4,9H,1H3. The maximum atomic E-state index is 10.8. The first-order chi connectivity index (χ1) is 10.3. The smallest absolute Gasteiger partial charge is 0.221 e. The van der Waals surface area contributed by atoms with Gasteiger partial charge in [0.1, 0.15) is 5.75 Å². The van der Waals surface area contributed by atoms with Gasteiger partial charge in [-0.05, 0) is 49.4 Å². The summed E-state index contributed by atoms with van der Waals surface area (Å²) in [4.78, 5) is 32.0. The summed E-state index contributed by atoms with van der Waals surface area (Å²) in [5.41, 5.74) is 0.991. The van der Waals surface area contributed by atoms with Gasteiger partial charge in [-0.3, -0.25) is 14.4 Å². The van der Waals surface area contributed by atoms with Crippen LogP contribution in [-0.2, 0) is 14.4 Å². The number of rotatable bonds is 2. The van der Waals surface area contributed by atoms with Crippen molar-refractivity contribution < 1.29 is 19.5 Å². The Kier molecular flexibility index (Phi) is 5.95. The van der Waals surface area contributed by atoms with Crippen LogP contribution in [0.3, 0.4) is 0 Å². The van der Waals surface area contributed by atoms with E-state index in [0.717, 1.165) is 0 Å². The molecule has 0 saturated carbocycles. The number of hydrogen-bond donors (Lipinski definition) is 3. The topological polar surface area (TPSA) is 107 Å². The predicted octanol–water partition coefficient (Wildman–Crippen LogP) is 2.01. The number of ketones is 2. The van der Waals surface area contributed by atoms with E-state index < -0.39 is 0 Å². The summed E-state index contributed by atoms with van der Waals surface area (Å²) < 4.78 is 0. The number of Topliss-reactive ketones (excluding diaryl/α,β-unsaturated/α-hetero) is 1. The zero-order valence-corrected chi connectivity index (χ0v) is 12.2. The molecule has 1 aromatic rings. The highest BCUT2D eigenvalue weighted by Gasteiger charge is 2.13. The maximum Gasteiger partial charge on any atom is 0.221 e. The van der Waals surface area contributed by atoms with Crippen LogP contribution in [0, 0.1) is 5.41 Å². The summed E-state index contributed by atoms with van der Waals surface area (Å²) in [6.07, 6.45) is 3.79. The van der Waals surface area contributed by atoms with E-state index in [9.17, 15) is 14.4 Å².